The maximum atomic E-state index is 9.34. The van der Waals surface area contributed by atoms with E-state index in [9.17, 15) is 5.26 Å². The highest BCUT2D eigenvalue weighted by molar-refractivity contribution is 9.10. The van der Waals surface area contributed by atoms with Crippen molar-refractivity contribution in [1.82, 2.24) is 9.97 Å². The first-order chi connectivity index (χ1) is 11.2. The molecule has 0 saturated carbocycles. The van der Waals surface area contributed by atoms with Crippen molar-refractivity contribution in [2.75, 3.05) is 23.3 Å². The van der Waals surface area contributed by atoms with Crippen LogP contribution in [0.1, 0.15) is 24.1 Å². The summed E-state index contributed by atoms with van der Waals surface area (Å²) in [5, 5.41) is 12.8. The number of hydrogen-bond acceptors (Lipinski definition) is 5. The van der Waals surface area contributed by atoms with Gasteiger partial charge in [0.2, 0.25) is 5.95 Å². The Labute approximate surface area is 144 Å². The molecule has 1 fully saturated rings. The van der Waals surface area contributed by atoms with Crippen LogP contribution in [0.4, 0.5) is 11.6 Å². The van der Waals surface area contributed by atoms with Crippen LogP contribution in [-0.4, -0.2) is 29.1 Å². The summed E-state index contributed by atoms with van der Waals surface area (Å²) in [7, 11) is 0. The Hall–Kier alpha value is -2.13. The van der Waals surface area contributed by atoms with E-state index in [1.54, 1.807) is 6.20 Å². The van der Waals surface area contributed by atoms with Gasteiger partial charge in [-0.05, 0) is 44.0 Å². The van der Waals surface area contributed by atoms with Crippen LogP contribution in [0.5, 0.6) is 0 Å². The first-order valence-corrected chi connectivity index (χ1v) is 8.46. The number of halogens is 1. The van der Waals surface area contributed by atoms with Gasteiger partial charge in [0.25, 0.3) is 0 Å². The van der Waals surface area contributed by atoms with E-state index >= 15 is 0 Å². The molecule has 1 saturated heterocycles. The number of benzene rings is 1. The first kappa shape index (κ1) is 15.8. The summed E-state index contributed by atoms with van der Waals surface area (Å²) in [6, 6.07) is 10.2. The van der Waals surface area contributed by atoms with E-state index < -0.39 is 0 Å². The second-order valence-electron chi connectivity index (χ2n) is 5.72. The summed E-state index contributed by atoms with van der Waals surface area (Å²) in [5.41, 5.74) is 2.65. The molecule has 0 bridgehead atoms. The molecule has 2 heterocycles. The van der Waals surface area contributed by atoms with E-state index in [0.717, 1.165) is 41.8 Å². The van der Waals surface area contributed by atoms with Crippen LogP contribution in [0.3, 0.4) is 0 Å². The highest BCUT2D eigenvalue weighted by Crippen LogP contribution is 2.28. The number of nitriles is 1. The average Bonchev–Trinajstić information content (AvgIpc) is 2.55. The third-order valence-corrected chi connectivity index (χ3v) is 4.46. The van der Waals surface area contributed by atoms with Gasteiger partial charge in [0, 0.05) is 35.5 Å². The Morgan fingerprint density at radius 3 is 3.04 bits per heavy atom. The standard InChI is InChI=1S/C17H18BrN5/c1-12-6-7-20-17(21-12)22-15-3-2-8-23(11-15)16-9-14(18)5-4-13(16)10-19/h4-7,9,15H,2-3,8,11H2,1H3,(H,20,21,22). The van der Waals surface area contributed by atoms with Crippen LogP contribution in [0, 0.1) is 18.3 Å². The molecular formula is C17H18BrN5. The van der Waals surface area contributed by atoms with Crippen molar-refractivity contribution in [2.45, 2.75) is 25.8 Å². The summed E-state index contributed by atoms with van der Waals surface area (Å²) in [5.74, 6) is 0.673. The minimum absolute atomic E-state index is 0.274. The number of aryl methyl sites for hydroxylation is 1. The van der Waals surface area contributed by atoms with E-state index in [0.29, 0.717) is 11.5 Å². The summed E-state index contributed by atoms with van der Waals surface area (Å²) in [4.78, 5) is 11.0. The van der Waals surface area contributed by atoms with Crippen molar-refractivity contribution in [3.8, 4) is 6.07 Å². The van der Waals surface area contributed by atoms with Gasteiger partial charge in [-0.15, -0.1) is 0 Å². The molecule has 1 aliphatic rings. The molecule has 6 heteroatoms. The highest BCUT2D eigenvalue weighted by Gasteiger charge is 2.22. The van der Waals surface area contributed by atoms with Gasteiger partial charge in [-0.25, -0.2) is 9.97 Å². The molecule has 1 unspecified atom stereocenters. The Kier molecular flexibility index (Phi) is 4.77. The summed E-state index contributed by atoms with van der Waals surface area (Å²) in [6.45, 7) is 3.75. The van der Waals surface area contributed by atoms with E-state index in [-0.39, 0.29) is 6.04 Å². The molecule has 1 aromatic carbocycles. The molecule has 0 spiro atoms. The zero-order valence-corrected chi connectivity index (χ0v) is 14.5. The third kappa shape index (κ3) is 3.80. The van der Waals surface area contributed by atoms with Crippen LogP contribution >= 0.6 is 15.9 Å². The SMILES string of the molecule is Cc1ccnc(NC2CCCN(c3cc(Br)ccc3C#N)C2)n1. The van der Waals surface area contributed by atoms with Gasteiger partial charge >= 0.3 is 0 Å². The number of rotatable bonds is 3. The quantitative estimate of drug-likeness (QED) is 0.894. The van der Waals surface area contributed by atoms with Crippen LogP contribution in [0.15, 0.2) is 34.9 Å². The van der Waals surface area contributed by atoms with Crippen LogP contribution < -0.4 is 10.2 Å². The van der Waals surface area contributed by atoms with Gasteiger partial charge in [-0.3, -0.25) is 0 Å². The van der Waals surface area contributed by atoms with E-state index in [1.165, 1.54) is 0 Å². The monoisotopic (exact) mass is 371 g/mol. The lowest BCUT2D eigenvalue weighted by atomic mass is 10.0. The number of hydrogen-bond donors (Lipinski definition) is 1. The minimum Gasteiger partial charge on any atom is -0.368 e. The number of nitrogens with zero attached hydrogens (tertiary/aromatic N) is 4. The molecule has 23 heavy (non-hydrogen) atoms. The fourth-order valence-corrected chi connectivity index (χ4v) is 3.22. The van der Waals surface area contributed by atoms with Crippen molar-refractivity contribution < 1.29 is 0 Å². The zero-order valence-electron chi connectivity index (χ0n) is 13.0. The Bertz CT molecular complexity index is 740. The Balaban J connectivity index is 1.76. The molecule has 1 aliphatic heterocycles. The molecule has 1 aromatic heterocycles. The lowest BCUT2D eigenvalue weighted by molar-refractivity contribution is 0.527. The predicted octanol–water partition coefficient (Wildman–Crippen LogP) is 3.50. The molecule has 0 radical (unpaired) electrons. The topological polar surface area (TPSA) is 64.8 Å². The van der Waals surface area contributed by atoms with Gasteiger partial charge in [0.15, 0.2) is 0 Å². The van der Waals surface area contributed by atoms with Crippen molar-refractivity contribution in [1.29, 1.82) is 5.26 Å². The van der Waals surface area contributed by atoms with Gasteiger partial charge in [-0.2, -0.15) is 5.26 Å². The Morgan fingerprint density at radius 2 is 2.26 bits per heavy atom. The maximum absolute atomic E-state index is 9.34. The van der Waals surface area contributed by atoms with Crippen LogP contribution in [0.2, 0.25) is 0 Å². The van der Waals surface area contributed by atoms with Crippen molar-refractivity contribution in [3.05, 3.63) is 46.2 Å². The molecule has 5 nitrogen and oxygen atoms in total. The van der Waals surface area contributed by atoms with Crippen LogP contribution in [0.25, 0.3) is 0 Å². The minimum atomic E-state index is 0.274. The Morgan fingerprint density at radius 1 is 1.39 bits per heavy atom. The smallest absolute Gasteiger partial charge is 0.223 e. The number of nitrogens with one attached hydrogen (secondary N) is 1. The fraction of sp³-hybridized carbons (Fsp3) is 0.353. The molecule has 0 amide bonds. The lowest BCUT2D eigenvalue weighted by Crippen LogP contribution is -2.42. The van der Waals surface area contributed by atoms with Crippen molar-refractivity contribution >= 4 is 27.6 Å². The first-order valence-electron chi connectivity index (χ1n) is 7.66. The van der Waals surface area contributed by atoms with Crippen LogP contribution in [-0.2, 0) is 0 Å². The molecule has 1 atom stereocenters. The summed E-state index contributed by atoms with van der Waals surface area (Å²) >= 11 is 3.50. The molecule has 0 aliphatic carbocycles. The van der Waals surface area contributed by atoms with Gasteiger partial charge in [0.1, 0.15) is 6.07 Å². The predicted molar refractivity (Wildman–Crippen MR) is 94.5 cm³/mol. The number of aromatic nitrogens is 2. The average molecular weight is 372 g/mol. The second-order valence-corrected chi connectivity index (χ2v) is 6.64. The summed E-state index contributed by atoms with van der Waals surface area (Å²) in [6.07, 6.45) is 3.91. The zero-order chi connectivity index (χ0) is 16.2. The molecule has 3 rings (SSSR count). The second kappa shape index (κ2) is 6.97. The van der Waals surface area contributed by atoms with Gasteiger partial charge in [0.05, 0.1) is 11.3 Å². The van der Waals surface area contributed by atoms with E-state index in [4.69, 9.17) is 0 Å². The molecule has 1 N–H and O–H groups in total. The molecule has 118 valence electrons. The fourth-order valence-electron chi connectivity index (χ4n) is 2.88. The largest absolute Gasteiger partial charge is 0.368 e. The van der Waals surface area contributed by atoms with Crippen molar-refractivity contribution in [2.24, 2.45) is 0 Å². The van der Waals surface area contributed by atoms with E-state index in [2.05, 4.69) is 42.2 Å². The normalized spacial score (nSPS) is 17.6. The molecular weight excluding hydrogens is 354 g/mol. The highest BCUT2D eigenvalue weighted by atomic mass is 79.9. The third-order valence-electron chi connectivity index (χ3n) is 3.97. The van der Waals surface area contributed by atoms with Crippen molar-refractivity contribution in [3.63, 3.8) is 0 Å². The number of anilines is 2. The lowest BCUT2D eigenvalue weighted by Gasteiger charge is -2.35. The maximum Gasteiger partial charge on any atom is 0.223 e. The van der Waals surface area contributed by atoms with Gasteiger partial charge in [-0.1, -0.05) is 15.9 Å². The van der Waals surface area contributed by atoms with Gasteiger partial charge < -0.3 is 10.2 Å². The summed E-state index contributed by atoms with van der Waals surface area (Å²) < 4.78 is 0.989. The van der Waals surface area contributed by atoms with E-state index in [1.807, 2.05) is 31.2 Å². The number of piperidine rings is 1. The molecule has 2 aromatic rings.